The van der Waals surface area contributed by atoms with Gasteiger partial charge in [0.05, 0.1) is 5.69 Å². The minimum Gasteiger partial charge on any atom is -0.339 e. The molecule has 0 unspecified atom stereocenters. The second kappa shape index (κ2) is 8.89. The Kier molecular flexibility index (Phi) is 6.06. The minimum atomic E-state index is -0.124. The van der Waals surface area contributed by atoms with E-state index in [0.29, 0.717) is 23.3 Å². The predicted molar refractivity (Wildman–Crippen MR) is 121 cm³/mol. The normalized spacial score (nSPS) is 11.0. The van der Waals surface area contributed by atoms with Crippen molar-refractivity contribution in [3.63, 3.8) is 0 Å². The number of thiophene rings is 1. The minimum absolute atomic E-state index is 0.124. The molecule has 3 heterocycles. The van der Waals surface area contributed by atoms with Crippen molar-refractivity contribution in [3.05, 3.63) is 56.9 Å². The topological polar surface area (TPSA) is 80.9 Å². The lowest BCUT2D eigenvalue weighted by Gasteiger charge is -1.99. The van der Waals surface area contributed by atoms with E-state index in [2.05, 4.69) is 59.4 Å². The molecule has 3 aromatic heterocycles. The standard InChI is InChI=1S/C22H22N4O2S2/c1-4-15-5-7-16(8-6-15)21-25-20(28-26-21)10-9-19(27)24-22-23-18(12-29-22)17-11-13(2)30-14(17)3/h5-8,11-12H,4,9-10H2,1-3H3,(H,23,24,27). The zero-order valence-corrected chi connectivity index (χ0v) is 18.7. The number of carbonyl (C=O) groups excluding carboxylic acids is 1. The van der Waals surface area contributed by atoms with Gasteiger partial charge in [-0.1, -0.05) is 36.3 Å². The molecule has 1 aromatic carbocycles. The first-order valence-electron chi connectivity index (χ1n) is 9.76. The number of hydrogen-bond donors (Lipinski definition) is 1. The zero-order valence-electron chi connectivity index (χ0n) is 17.1. The molecule has 0 aliphatic rings. The molecule has 0 bridgehead atoms. The lowest BCUT2D eigenvalue weighted by Crippen LogP contribution is -2.12. The Bertz CT molecular complexity index is 1160. The van der Waals surface area contributed by atoms with Gasteiger partial charge >= 0.3 is 0 Å². The van der Waals surface area contributed by atoms with E-state index in [4.69, 9.17) is 4.52 Å². The Morgan fingerprint density at radius 1 is 1.17 bits per heavy atom. The zero-order chi connectivity index (χ0) is 21.1. The van der Waals surface area contributed by atoms with Gasteiger partial charge in [0.25, 0.3) is 0 Å². The molecule has 0 radical (unpaired) electrons. The van der Waals surface area contributed by atoms with Crippen LogP contribution in [0.15, 0.2) is 40.2 Å². The predicted octanol–water partition coefficient (Wildman–Crippen LogP) is 5.67. The van der Waals surface area contributed by atoms with Crippen molar-refractivity contribution in [2.75, 3.05) is 5.32 Å². The third-order valence-electron chi connectivity index (χ3n) is 4.72. The number of nitrogens with zero attached hydrogens (tertiary/aromatic N) is 3. The molecule has 0 saturated carbocycles. The van der Waals surface area contributed by atoms with Crippen LogP contribution in [-0.4, -0.2) is 21.0 Å². The molecule has 0 saturated heterocycles. The van der Waals surface area contributed by atoms with E-state index in [1.54, 1.807) is 11.3 Å². The summed E-state index contributed by atoms with van der Waals surface area (Å²) in [4.78, 5) is 23.7. The maximum Gasteiger partial charge on any atom is 0.227 e. The fraction of sp³-hybridized carbons (Fsp3) is 0.273. The Morgan fingerprint density at radius 3 is 2.67 bits per heavy atom. The number of aryl methyl sites for hydroxylation is 4. The van der Waals surface area contributed by atoms with Gasteiger partial charge in [-0.3, -0.25) is 4.79 Å². The molecule has 4 rings (SSSR count). The van der Waals surface area contributed by atoms with Crippen LogP contribution >= 0.6 is 22.7 Å². The fourth-order valence-electron chi connectivity index (χ4n) is 3.11. The molecule has 4 aromatic rings. The SMILES string of the molecule is CCc1ccc(-c2noc(CCC(=O)Nc3nc(-c4cc(C)sc4C)cs3)n2)cc1. The average Bonchev–Trinajstić information content (AvgIpc) is 3.47. The van der Waals surface area contributed by atoms with Gasteiger partial charge in [0.15, 0.2) is 5.13 Å². The molecule has 0 aliphatic carbocycles. The average molecular weight is 439 g/mol. The van der Waals surface area contributed by atoms with E-state index in [-0.39, 0.29) is 12.3 Å². The first kappa shape index (κ1) is 20.4. The Hall–Kier alpha value is -2.84. The summed E-state index contributed by atoms with van der Waals surface area (Å²) >= 11 is 3.18. The first-order chi connectivity index (χ1) is 14.5. The van der Waals surface area contributed by atoms with Crippen molar-refractivity contribution in [1.82, 2.24) is 15.1 Å². The van der Waals surface area contributed by atoms with Crippen LogP contribution in [0.1, 0.15) is 34.6 Å². The number of benzene rings is 1. The number of carbonyl (C=O) groups is 1. The van der Waals surface area contributed by atoms with E-state index in [1.165, 1.54) is 26.7 Å². The van der Waals surface area contributed by atoms with E-state index in [0.717, 1.165) is 23.2 Å². The van der Waals surface area contributed by atoms with Crippen LogP contribution in [-0.2, 0) is 17.6 Å². The second-order valence-corrected chi connectivity index (χ2v) is 9.29. The third-order valence-corrected chi connectivity index (χ3v) is 6.45. The van der Waals surface area contributed by atoms with E-state index in [1.807, 2.05) is 17.5 Å². The number of amides is 1. The highest BCUT2D eigenvalue weighted by Crippen LogP contribution is 2.32. The molecule has 1 N–H and O–H groups in total. The summed E-state index contributed by atoms with van der Waals surface area (Å²) in [5, 5.41) is 9.45. The molecular weight excluding hydrogens is 416 g/mol. The molecule has 8 heteroatoms. The third kappa shape index (κ3) is 4.66. The molecular formula is C22H22N4O2S2. The maximum absolute atomic E-state index is 12.3. The van der Waals surface area contributed by atoms with Crippen LogP contribution in [0.4, 0.5) is 5.13 Å². The summed E-state index contributed by atoms with van der Waals surface area (Å²) in [6.45, 7) is 6.28. The Balaban J connectivity index is 1.33. The highest BCUT2D eigenvalue weighted by atomic mass is 32.1. The second-order valence-electron chi connectivity index (χ2n) is 6.98. The van der Waals surface area contributed by atoms with Crippen LogP contribution in [0.3, 0.4) is 0 Å². The van der Waals surface area contributed by atoms with Gasteiger partial charge in [0.2, 0.25) is 17.6 Å². The van der Waals surface area contributed by atoms with Crippen LogP contribution in [0.2, 0.25) is 0 Å². The molecule has 0 atom stereocenters. The molecule has 0 spiro atoms. The highest BCUT2D eigenvalue weighted by molar-refractivity contribution is 7.14. The van der Waals surface area contributed by atoms with Gasteiger partial charge in [0, 0.05) is 39.1 Å². The molecule has 1 amide bonds. The number of anilines is 1. The van der Waals surface area contributed by atoms with Crippen molar-refractivity contribution < 1.29 is 9.32 Å². The van der Waals surface area contributed by atoms with Crippen molar-refractivity contribution in [3.8, 4) is 22.6 Å². The van der Waals surface area contributed by atoms with Crippen molar-refractivity contribution in [1.29, 1.82) is 0 Å². The van der Waals surface area contributed by atoms with E-state index < -0.39 is 0 Å². The lowest BCUT2D eigenvalue weighted by atomic mass is 10.1. The van der Waals surface area contributed by atoms with Gasteiger partial charge in [-0.15, -0.1) is 22.7 Å². The van der Waals surface area contributed by atoms with Crippen LogP contribution in [0, 0.1) is 13.8 Å². The first-order valence-corrected chi connectivity index (χ1v) is 11.5. The van der Waals surface area contributed by atoms with Crippen LogP contribution in [0.5, 0.6) is 0 Å². The molecule has 6 nitrogen and oxygen atoms in total. The molecule has 0 aliphatic heterocycles. The number of aromatic nitrogens is 3. The summed E-state index contributed by atoms with van der Waals surface area (Å²) in [6.07, 6.45) is 1.62. The number of hydrogen-bond acceptors (Lipinski definition) is 7. The van der Waals surface area contributed by atoms with Gasteiger partial charge < -0.3 is 9.84 Å². The quantitative estimate of drug-likeness (QED) is 0.402. The summed E-state index contributed by atoms with van der Waals surface area (Å²) in [7, 11) is 0. The maximum atomic E-state index is 12.3. The van der Waals surface area contributed by atoms with Crippen LogP contribution < -0.4 is 5.32 Å². The highest BCUT2D eigenvalue weighted by Gasteiger charge is 2.14. The molecule has 0 fully saturated rings. The largest absolute Gasteiger partial charge is 0.339 e. The van der Waals surface area contributed by atoms with Crippen LogP contribution in [0.25, 0.3) is 22.6 Å². The van der Waals surface area contributed by atoms with E-state index >= 15 is 0 Å². The van der Waals surface area contributed by atoms with E-state index in [9.17, 15) is 4.79 Å². The number of rotatable bonds is 7. The smallest absolute Gasteiger partial charge is 0.227 e. The lowest BCUT2D eigenvalue weighted by molar-refractivity contribution is -0.116. The monoisotopic (exact) mass is 438 g/mol. The Labute approximate surface area is 183 Å². The molecule has 154 valence electrons. The Morgan fingerprint density at radius 2 is 1.97 bits per heavy atom. The fourth-order valence-corrected chi connectivity index (χ4v) is 4.77. The van der Waals surface area contributed by atoms with Gasteiger partial charge in [-0.25, -0.2) is 4.98 Å². The van der Waals surface area contributed by atoms with Crippen molar-refractivity contribution in [2.24, 2.45) is 0 Å². The summed E-state index contributed by atoms with van der Waals surface area (Å²) < 4.78 is 5.30. The molecule has 30 heavy (non-hydrogen) atoms. The number of thiazole rings is 1. The summed E-state index contributed by atoms with van der Waals surface area (Å²) in [6, 6.07) is 10.2. The number of nitrogens with one attached hydrogen (secondary N) is 1. The summed E-state index contributed by atoms with van der Waals surface area (Å²) in [5.41, 5.74) is 4.18. The van der Waals surface area contributed by atoms with Gasteiger partial charge in [-0.2, -0.15) is 4.98 Å². The van der Waals surface area contributed by atoms with Crippen molar-refractivity contribution >= 4 is 33.7 Å². The van der Waals surface area contributed by atoms with Gasteiger partial charge in [0.1, 0.15) is 0 Å². The van der Waals surface area contributed by atoms with Gasteiger partial charge in [-0.05, 0) is 31.9 Å². The van der Waals surface area contributed by atoms with Crippen molar-refractivity contribution in [2.45, 2.75) is 40.0 Å². The summed E-state index contributed by atoms with van der Waals surface area (Å²) in [5.74, 6) is 0.865.